The van der Waals surface area contributed by atoms with Gasteiger partial charge in [0, 0.05) is 12.2 Å². The number of anilines is 1. The van der Waals surface area contributed by atoms with Crippen LogP contribution in [0.2, 0.25) is 0 Å². The van der Waals surface area contributed by atoms with Crippen molar-refractivity contribution in [3.63, 3.8) is 0 Å². The minimum absolute atomic E-state index is 0.184. The van der Waals surface area contributed by atoms with Crippen molar-refractivity contribution in [1.82, 2.24) is 9.88 Å². The van der Waals surface area contributed by atoms with E-state index in [1.165, 1.54) is 10.3 Å². The van der Waals surface area contributed by atoms with E-state index >= 15 is 0 Å². The van der Waals surface area contributed by atoms with Gasteiger partial charge in [-0.2, -0.15) is 0 Å². The van der Waals surface area contributed by atoms with Crippen LogP contribution in [0.5, 0.6) is 5.75 Å². The Morgan fingerprint density at radius 3 is 2.97 bits per heavy atom. The van der Waals surface area contributed by atoms with E-state index in [0.29, 0.717) is 6.54 Å². The predicted octanol–water partition coefficient (Wildman–Crippen LogP) is 4.42. The van der Waals surface area contributed by atoms with Crippen molar-refractivity contribution in [2.75, 3.05) is 31.6 Å². The third-order valence-electron chi connectivity index (χ3n) is 6.00. The second kappa shape index (κ2) is 7.76. The number of rotatable bonds is 4. The number of para-hydroxylation sites is 1. The Kier molecular flexibility index (Phi) is 4.97. The minimum atomic E-state index is 0.184. The summed E-state index contributed by atoms with van der Waals surface area (Å²) in [6.45, 7) is 2.19. The van der Waals surface area contributed by atoms with Gasteiger partial charge in [0.15, 0.2) is 0 Å². The predicted molar refractivity (Wildman–Crippen MR) is 117 cm³/mol. The lowest BCUT2D eigenvalue weighted by atomic mass is 10.0. The number of ether oxygens (including phenoxy) is 1. The zero-order valence-electron chi connectivity index (χ0n) is 16.6. The van der Waals surface area contributed by atoms with Crippen molar-refractivity contribution < 1.29 is 9.53 Å². The summed E-state index contributed by atoms with van der Waals surface area (Å²) in [5.74, 6) is 1.04. The Balaban J connectivity index is 1.35. The summed E-state index contributed by atoms with van der Waals surface area (Å²) in [4.78, 5) is 22.4. The van der Waals surface area contributed by atoms with Crippen LogP contribution in [0.25, 0.3) is 10.2 Å². The highest BCUT2D eigenvalue weighted by atomic mass is 32.1. The molecule has 29 heavy (non-hydrogen) atoms. The van der Waals surface area contributed by atoms with E-state index in [1.54, 1.807) is 18.4 Å². The second-order valence-electron chi connectivity index (χ2n) is 7.79. The van der Waals surface area contributed by atoms with Gasteiger partial charge in [0.25, 0.3) is 0 Å². The van der Waals surface area contributed by atoms with Crippen LogP contribution in [0, 0.1) is 0 Å². The number of carbonyl (C=O) groups excluding carboxylic acids is 1. The molecule has 2 aliphatic rings. The standard InChI is InChI=1S/C23H25N3O2S/c1-28-17-10-11-19-16(14-17)6-4-13-26(19)22(27)15-25-12-5-8-20(25)23-24-18-7-2-3-9-21(18)29-23/h2-3,7,9-11,14,20H,4-6,8,12-13,15H2,1H3. The van der Waals surface area contributed by atoms with Gasteiger partial charge >= 0.3 is 0 Å². The third kappa shape index (κ3) is 3.51. The van der Waals surface area contributed by atoms with Gasteiger partial charge in [-0.05, 0) is 68.1 Å². The summed E-state index contributed by atoms with van der Waals surface area (Å²) in [6, 6.07) is 14.6. The van der Waals surface area contributed by atoms with Crippen LogP contribution >= 0.6 is 11.3 Å². The molecule has 0 saturated carbocycles. The van der Waals surface area contributed by atoms with Gasteiger partial charge in [-0.1, -0.05) is 12.1 Å². The maximum atomic E-state index is 13.3. The van der Waals surface area contributed by atoms with Gasteiger partial charge in [-0.25, -0.2) is 4.98 Å². The fraction of sp³-hybridized carbons (Fsp3) is 0.391. The maximum Gasteiger partial charge on any atom is 0.241 e. The van der Waals surface area contributed by atoms with E-state index < -0.39 is 0 Å². The number of fused-ring (bicyclic) bond motifs is 2. The van der Waals surface area contributed by atoms with E-state index in [1.807, 2.05) is 23.1 Å². The monoisotopic (exact) mass is 407 g/mol. The molecule has 2 aromatic carbocycles. The normalized spacial score (nSPS) is 19.5. The highest BCUT2D eigenvalue weighted by Crippen LogP contribution is 2.37. The van der Waals surface area contributed by atoms with Crippen LogP contribution in [-0.2, 0) is 11.2 Å². The lowest BCUT2D eigenvalue weighted by Crippen LogP contribution is -2.42. The molecule has 1 atom stereocenters. The Labute approximate surface area is 174 Å². The van der Waals surface area contributed by atoms with Crippen LogP contribution in [-0.4, -0.2) is 42.5 Å². The first-order chi connectivity index (χ1) is 14.2. The van der Waals surface area contributed by atoms with E-state index in [2.05, 4.69) is 29.2 Å². The van der Waals surface area contributed by atoms with Crippen LogP contribution in [0.3, 0.4) is 0 Å². The van der Waals surface area contributed by atoms with Crippen molar-refractivity contribution in [2.45, 2.75) is 31.7 Å². The summed E-state index contributed by atoms with van der Waals surface area (Å²) < 4.78 is 6.58. The number of hydrogen-bond donors (Lipinski definition) is 0. The molecular formula is C23H25N3O2S. The molecule has 1 saturated heterocycles. The molecule has 150 valence electrons. The number of carbonyl (C=O) groups is 1. The van der Waals surface area contributed by atoms with Crippen LogP contribution in [0.4, 0.5) is 5.69 Å². The Hall–Kier alpha value is -2.44. The van der Waals surface area contributed by atoms with Crippen molar-refractivity contribution in [1.29, 1.82) is 0 Å². The average Bonchev–Trinajstić information content (AvgIpc) is 3.39. The molecule has 0 radical (unpaired) electrons. The molecule has 0 N–H and O–H groups in total. The zero-order valence-corrected chi connectivity index (χ0v) is 17.5. The number of aromatic nitrogens is 1. The van der Waals surface area contributed by atoms with Crippen LogP contribution in [0.1, 0.15) is 35.9 Å². The van der Waals surface area contributed by atoms with Gasteiger partial charge in [0.2, 0.25) is 5.91 Å². The first-order valence-corrected chi connectivity index (χ1v) is 11.1. The molecule has 0 spiro atoms. The molecule has 1 aromatic heterocycles. The van der Waals surface area contributed by atoms with E-state index in [0.717, 1.165) is 60.7 Å². The van der Waals surface area contributed by atoms with Crippen molar-refractivity contribution in [2.24, 2.45) is 0 Å². The number of aryl methyl sites for hydroxylation is 1. The molecule has 5 rings (SSSR count). The largest absolute Gasteiger partial charge is 0.497 e. The topological polar surface area (TPSA) is 45.7 Å². The summed E-state index contributed by atoms with van der Waals surface area (Å²) in [6.07, 6.45) is 4.17. The summed E-state index contributed by atoms with van der Waals surface area (Å²) in [7, 11) is 1.68. The number of methoxy groups -OCH3 is 1. The van der Waals surface area contributed by atoms with Crippen molar-refractivity contribution in [3.8, 4) is 5.75 Å². The van der Waals surface area contributed by atoms with Crippen LogP contribution in [0.15, 0.2) is 42.5 Å². The fourth-order valence-electron chi connectivity index (χ4n) is 4.55. The number of benzene rings is 2. The molecule has 6 heteroatoms. The van der Waals surface area contributed by atoms with E-state index in [-0.39, 0.29) is 11.9 Å². The Morgan fingerprint density at radius 2 is 2.10 bits per heavy atom. The Bertz CT molecular complexity index is 1010. The van der Waals surface area contributed by atoms with Gasteiger partial charge in [0.1, 0.15) is 10.8 Å². The molecule has 1 amide bonds. The van der Waals surface area contributed by atoms with Crippen molar-refractivity contribution in [3.05, 3.63) is 53.0 Å². The molecule has 1 unspecified atom stereocenters. The summed E-state index contributed by atoms with van der Waals surface area (Å²) in [5.41, 5.74) is 3.30. The van der Waals surface area contributed by atoms with Gasteiger partial charge in [-0.15, -0.1) is 11.3 Å². The van der Waals surface area contributed by atoms with Crippen LogP contribution < -0.4 is 9.64 Å². The van der Waals surface area contributed by atoms with Crippen molar-refractivity contribution >= 4 is 33.1 Å². The fourth-order valence-corrected chi connectivity index (χ4v) is 5.68. The second-order valence-corrected chi connectivity index (χ2v) is 8.85. The van der Waals surface area contributed by atoms with E-state index in [9.17, 15) is 4.79 Å². The molecule has 5 nitrogen and oxygen atoms in total. The molecule has 3 aromatic rings. The quantitative estimate of drug-likeness (QED) is 0.642. The number of hydrogen-bond acceptors (Lipinski definition) is 5. The maximum absolute atomic E-state index is 13.3. The molecule has 3 heterocycles. The minimum Gasteiger partial charge on any atom is -0.497 e. The molecule has 0 aliphatic carbocycles. The number of nitrogens with zero attached hydrogens (tertiary/aromatic N) is 3. The third-order valence-corrected chi connectivity index (χ3v) is 7.14. The lowest BCUT2D eigenvalue weighted by Gasteiger charge is -2.32. The van der Waals surface area contributed by atoms with Gasteiger partial charge in [0.05, 0.1) is 29.9 Å². The summed E-state index contributed by atoms with van der Waals surface area (Å²) >= 11 is 1.76. The highest BCUT2D eigenvalue weighted by Gasteiger charge is 2.32. The number of likely N-dealkylation sites (tertiary alicyclic amines) is 1. The zero-order chi connectivity index (χ0) is 19.8. The lowest BCUT2D eigenvalue weighted by molar-refractivity contribution is -0.120. The molecular weight excluding hydrogens is 382 g/mol. The summed E-state index contributed by atoms with van der Waals surface area (Å²) in [5, 5.41) is 1.14. The Morgan fingerprint density at radius 1 is 1.21 bits per heavy atom. The molecule has 0 bridgehead atoms. The number of amides is 1. The number of thiazole rings is 1. The SMILES string of the molecule is COc1ccc2c(c1)CCCN2C(=O)CN1CCCC1c1nc2ccccc2s1. The first kappa shape index (κ1) is 18.6. The van der Waals surface area contributed by atoms with E-state index in [4.69, 9.17) is 9.72 Å². The average molecular weight is 408 g/mol. The highest BCUT2D eigenvalue weighted by molar-refractivity contribution is 7.18. The van der Waals surface area contributed by atoms with Gasteiger partial charge < -0.3 is 9.64 Å². The molecule has 2 aliphatic heterocycles. The first-order valence-electron chi connectivity index (χ1n) is 10.3. The van der Waals surface area contributed by atoms with Gasteiger partial charge in [-0.3, -0.25) is 9.69 Å². The smallest absolute Gasteiger partial charge is 0.241 e. The molecule has 1 fully saturated rings.